The van der Waals surface area contributed by atoms with Gasteiger partial charge in [-0.05, 0) is 29.9 Å². The van der Waals surface area contributed by atoms with Crippen molar-refractivity contribution in [2.45, 2.75) is 13.8 Å². The van der Waals surface area contributed by atoms with Crippen LogP contribution < -0.4 is 15.2 Å². The maximum Gasteiger partial charge on any atom is 0.195 e. The zero-order valence-corrected chi connectivity index (χ0v) is 11.5. The fourth-order valence-corrected chi connectivity index (χ4v) is 3.61. The summed E-state index contributed by atoms with van der Waals surface area (Å²) in [4.78, 5) is 12.2. The SMILES string of the molecule is C=c1c(=O)c2ccccc2s/c1=C/C1C(C)[C@H]1C. The molecule has 0 N–H and O–H groups in total. The predicted octanol–water partition coefficient (Wildman–Crippen LogP) is 2.35. The van der Waals surface area contributed by atoms with Gasteiger partial charge in [-0.2, -0.15) is 0 Å². The highest BCUT2D eigenvalue weighted by molar-refractivity contribution is 7.16. The lowest BCUT2D eigenvalue weighted by molar-refractivity contribution is 0.834. The Morgan fingerprint density at radius 3 is 2.56 bits per heavy atom. The predicted molar refractivity (Wildman–Crippen MR) is 79.2 cm³/mol. The Bertz CT molecular complexity index is 764. The van der Waals surface area contributed by atoms with Crippen molar-refractivity contribution in [2.75, 3.05) is 0 Å². The van der Waals surface area contributed by atoms with Crippen LogP contribution in [0.2, 0.25) is 0 Å². The topological polar surface area (TPSA) is 17.1 Å². The molecular weight excluding hydrogens is 240 g/mol. The Hall–Kier alpha value is -1.41. The number of rotatable bonds is 1. The first-order valence-corrected chi connectivity index (χ1v) is 7.14. The van der Waals surface area contributed by atoms with Crippen LogP contribution in [-0.4, -0.2) is 0 Å². The van der Waals surface area contributed by atoms with E-state index in [-0.39, 0.29) is 5.43 Å². The van der Waals surface area contributed by atoms with Gasteiger partial charge in [0.2, 0.25) is 0 Å². The molecule has 1 heterocycles. The van der Waals surface area contributed by atoms with E-state index in [9.17, 15) is 4.79 Å². The van der Waals surface area contributed by atoms with Crippen molar-refractivity contribution in [3.05, 3.63) is 44.2 Å². The first-order valence-electron chi connectivity index (χ1n) is 6.32. The molecule has 1 aliphatic rings. The summed E-state index contributed by atoms with van der Waals surface area (Å²) < 4.78 is 2.11. The quantitative estimate of drug-likeness (QED) is 0.765. The van der Waals surface area contributed by atoms with Crippen molar-refractivity contribution in [1.82, 2.24) is 0 Å². The van der Waals surface area contributed by atoms with Gasteiger partial charge in [-0.1, -0.05) is 38.6 Å². The third-order valence-electron chi connectivity index (χ3n) is 4.17. The largest absolute Gasteiger partial charge is 0.289 e. The van der Waals surface area contributed by atoms with Crippen LogP contribution in [0.5, 0.6) is 0 Å². The van der Waals surface area contributed by atoms with Crippen molar-refractivity contribution in [2.24, 2.45) is 17.8 Å². The van der Waals surface area contributed by atoms with E-state index in [1.807, 2.05) is 24.3 Å². The van der Waals surface area contributed by atoms with Crippen LogP contribution in [-0.2, 0) is 0 Å². The lowest BCUT2D eigenvalue weighted by atomic mass is 10.2. The third kappa shape index (κ3) is 1.72. The summed E-state index contributed by atoms with van der Waals surface area (Å²) in [7, 11) is 0. The van der Waals surface area contributed by atoms with Crippen LogP contribution in [0.15, 0.2) is 29.1 Å². The molecule has 0 radical (unpaired) electrons. The van der Waals surface area contributed by atoms with Crippen LogP contribution in [0, 0.1) is 17.8 Å². The van der Waals surface area contributed by atoms with Gasteiger partial charge in [0.15, 0.2) is 5.43 Å². The van der Waals surface area contributed by atoms with Crippen LogP contribution >= 0.6 is 11.3 Å². The molecule has 1 aliphatic carbocycles. The van der Waals surface area contributed by atoms with Crippen molar-refractivity contribution in [3.8, 4) is 0 Å². The van der Waals surface area contributed by atoms with E-state index in [1.165, 1.54) is 0 Å². The van der Waals surface area contributed by atoms with Gasteiger partial charge < -0.3 is 0 Å². The average Bonchev–Trinajstić information content (AvgIpc) is 2.94. The minimum absolute atomic E-state index is 0.0801. The monoisotopic (exact) mass is 256 g/mol. The molecule has 1 nitrogen and oxygen atoms in total. The smallest absolute Gasteiger partial charge is 0.195 e. The molecule has 2 unspecified atom stereocenters. The molecule has 1 saturated carbocycles. The fourth-order valence-electron chi connectivity index (χ4n) is 2.51. The molecule has 0 amide bonds. The Morgan fingerprint density at radius 1 is 1.22 bits per heavy atom. The molecule has 1 aromatic heterocycles. The molecule has 2 heteroatoms. The zero-order chi connectivity index (χ0) is 12.9. The molecule has 2 aromatic rings. The normalized spacial score (nSPS) is 27.7. The molecular formula is C16H16OS. The van der Waals surface area contributed by atoms with Crippen molar-refractivity contribution >= 4 is 34.1 Å². The molecule has 1 aromatic carbocycles. The second-order valence-electron chi connectivity index (χ2n) is 5.23. The number of benzene rings is 1. The molecule has 18 heavy (non-hydrogen) atoms. The van der Waals surface area contributed by atoms with E-state index in [4.69, 9.17) is 0 Å². The standard InChI is InChI=1S/C16H16OS/c1-9-10(2)13(9)8-15-11(3)16(17)12-6-4-5-7-14(12)18-15/h4-10,13H,3H2,1-2H3/b15-8+/t9-,10?,13?/m1/s1. The number of hydrogen-bond donors (Lipinski definition) is 0. The van der Waals surface area contributed by atoms with E-state index in [1.54, 1.807) is 11.3 Å². The Balaban J connectivity index is 2.29. The van der Waals surface area contributed by atoms with Crippen LogP contribution in [0.25, 0.3) is 22.7 Å². The second kappa shape index (κ2) is 4.06. The zero-order valence-electron chi connectivity index (χ0n) is 10.6. The summed E-state index contributed by atoms with van der Waals surface area (Å²) in [5.74, 6) is 2.08. The summed E-state index contributed by atoms with van der Waals surface area (Å²) in [6.45, 7) is 8.49. The summed E-state index contributed by atoms with van der Waals surface area (Å²) in [5.41, 5.74) is 0.0801. The van der Waals surface area contributed by atoms with Gasteiger partial charge in [-0.15, -0.1) is 11.3 Å². The number of hydrogen-bond acceptors (Lipinski definition) is 2. The van der Waals surface area contributed by atoms with Gasteiger partial charge in [0, 0.05) is 19.8 Å². The summed E-state index contributed by atoms with van der Waals surface area (Å²) in [5, 5.41) is 1.45. The number of fused-ring (bicyclic) bond motifs is 1. The highest BCUT2D eigenvalue weighted by Crippen LogP contribution is 2.46. The Kier molecular flexibility index (Phi) is 2.63. The summed E-state index contributed by atoms with van der Waals surface area (Å²) in [6, 6.07) is 7.78. The molecule has 3 rings (SSSR count). The van der Waals surface area contributed by atoms with Crippen LogP contribution in [0.3, 0.4) is 0 Å². The van der Waals surface area contributed by atoms with Gasteiger partial charge in [0.25, 0.3) is 0 Å². The van der Waals surface area contributed by atoms with Gasteiger partial charge in [-0.3, -0.25) is 4.79 Å². The van der Waals surface area contributed by atoms with Gasteiger partial charge in [0.05, 0.1) is 0 Å². The third-order valence-corrected chi connectivity index (χ3v) is 5.35. The molecule has 0 spiro atoms. The van der Waals surface area contributed by atoms with Crippen molar-refractivity contribution in [3.63, 3.8) is 0 Å². The van der Waals surface area contributed by atoms with Crippen molar-refractivity contribution in [1.29, 1.82) is 0 Å². The molecule has 0 saturated heterocycles. The summed E-state index contributed by atoms with van der Waals surface area (Å²) in [6.07, 6.45) is 2.25. The van der Waals surface area contributed by atoms with E-state index >= 15 is 0 Å². The average molecular weight is 256 g/mol. The maximum absolute atomic E-state index is 12.2. The van der Waals surface area contributed by atoms with Gasteiger partial charge in [0.1, 0.15) is 0 Å². The summed E-state index contributed by atoms with van der Waals surface area (Å²) >= 11 is 1.68. The highest BCUT2D eigenvalue weighted by atomic mass is 32.1. The van der Waals surface area contributed by atoms with Gasteiger partial charge in [-0.25, -0.2) is 0 Å². The van der Waals surface area contributed by atoms with E-state index in [0.29, 0.717) is 11.1 Å². The molecule has 0 aliphatic heterocycles. The first-order chi connectivity index (χ1) is 8.59. The minimum atomic E-state index is 0.0801. The fraction of sp³-hybridized carbons (Fsp3) is 0.312. The Morgan fingerprint density at radius 2 is 1.89 bits per heavy atom. The lowest BCUT2D eigenvalue weighted by Crippen LogP contribution is -2.35. The van der Waals surface area contributed by atoms with Crippen LogP contribution in [0.1, 0.15) is 13.8 Å². The molecule has 92 valence electrons. The Labute approximate surface area is 110 Å². The van der Waals surface area contributed by atoms with E-state index in [2.05, 4.69) is 26.5 Å². The minimum Gasteiger partial charge on any atom is -0.289 e. The molecule has 1 fully saturated rings. The molecule has 3 atom stereocenters. The first kappa shape index (κ1) is 11.7. The molecule has 0 bridgehead atoms. The highest BCUT2D eigenvalue weighted by Gasteiger charge is 2.40. The van der Waals surface area contributed by atoms with E-state index < -0.39 is 0 Å². The van der Waals surface area contributed by atoms with Crippen molar-refractivity contribution < 1.29 is 0 Å². The second-order valence-corrected chi connectivity index (χ2v) is 6.32. The lowest BCUT2D eigenvalue weighted by Gasteiger charge is -1.96. The van der Waals surface area contributed by atoms with Gasteiger partial charge >= 0.3 is 0 Å². The maximum atomic E-state index is 12.2. The van der Waals surface area contributed by atoms with E-state index in [0.717, 1.165) is 26.5 Å². The van der Waals surface area contributed by atoms with Crippen LogP contribution in [0.4, 0.5) is 0 Å².